The lowest BCUT2D eigenvalue weighted by Gasteiger charge is -2.31. The second-order valence-electron chi connectivity index (χ2n) is 5.46. The van der Waals surface area contributed by atoms with Crippen LogP contribution in [0.1, 0.15) is 30.0 Å². The number of ether oxygens (including phenoxy) is 1. The van der Waals surface area contributed by atoms with Gasteiger partial charge in [0.05, 0.1) is 0 Å². The highest BCUT2D eigenvalue weighted by Crippen LogP contribution is 2.43. The molecule has 0 saturated carbocycles. The van der Waals surface area contributed by atoms with Crippen LogP contribution in [0.3, 0.4) is 0 Å². The summed E-state index contributed by atoms with van der Waals surface area (Å²) in [6.07, 6.45) is -5.17. The minimum atomic E-state index is -4.72. The van der Waals surface area contributed by atoms with E-state index in [1.54, 1.807) is 0 Å². The van der Waals surface area contributed by atoms with E-state index in [4.69, 9.17) is 4.74 Å². The molecule has 124 valence electrons. The van der Waals surface area contributed by atoms with Gasteiger partial charge in [0.25, 0.3) is 0 Å². The van der Waals surface area contributed by atoms with E-state index in [-0.39, 0.29) is 5.56 Å². The molecule has 23 heavy (non-hydrogen) atoms. The fraction of sp³-hybridized carbons (Fsp3) is 0.333. The summed E-state index contributed by atoms with van der Waals surface area (Å²) in [5.41, 5.74) is -1.67. The summed E-state index contributed by atoms with van der Waals surface area (Å²) in [6.45, 7) is 3.18. The third-order valence-electron chi connectivity index (χ3n) is 3.87. The van der Waals surface area contributed by atoms with Crippen molar-refractivity contribution in [2.24, 2.45) is 0 Å². The lowest BCUT2D eigenvalue weighted by Crippen LogP contribution is -2.42. The number of aryl methyl sites for hydroxylation is 1. The maximum absolute atomic E-state index is 13.2. The van der Waals surface area contributed by atoms with E-state index >= 15 is 0 Å². The van der Waals surface area contributed by atoms with Crippen LogP contribution >= 0.6 is 0 Å². The first-order valence-corrected chi connectivity index (χ1v) is 7.35. The lowest BCUT2D eigenvalue weighted by molar-refractivity contribution is -0.268. The highest BCUT2D eigenvalue weighted by atomic mass is 19.4. The Balaban J connectivity index is 2.21. The molecule has 2 nitrogen and oxygen atoms in total. The van der Waals surface area contributed by atoms with Crippen LogP contribution in [0.5, 0.6) is 5.75 Å². The Kier molecular flexibility index (Phi) is 5.00. The number of hydrogen-bond donors (Lipinski definition) is 1. The van der Waals surface area contributed by atoms with Crippen molar-refractivity contribution in [3.63, 3.8) is 0 Å². The largest absolute Gasteiger partial charge is 0.489 e. The van der Waals surface area contributed by atoms with Crippen molar-refractivity contribution in [1.29, 1.82) is 0 Å². The van der Waals surface area contributed by atoms with Crippen LogP contribution in [0.25, 0.3) is 0 Å². The smallest absolute Gasteiger partial charge is 0.421 e. The van der Waals surface area contributed by atoms with E-state index in [0.29, 0.717) is 17.9 Å². The van der Waals surface area contributed by atoms with E-state index < -0.39 is 18.2 Å². The Hall–Kier alpha value is -2.01. The second kappa shape index (κ2) is 6.62. The van der Waals surface area contributed by atoms with Gasteiger partial charge in [-0.15, -0.1) is 0 Å². The first-order chi connectivity index (χ1) is 10.8. The summed E-state index contributed by atoms with van der Waals surface area (Å²) < 4.78 is 45.1. The van der Waals surface area contributed by atoms with Crippen LogP contribution in [0.15, 0.2) is 48.5 Å². The molecular formula is C18H19F3O2. The Morgan fingerprint density at radius 3 is 2.22 bits per heavy atom. The van der Waals surface area contributed by atoms with Crippen molar-refractivity contribution in [1.82, 2.24) is 0 Å². The maximum Gasteiger partial charge on any atom is 0.421 e. The summed E-state index contributed by atoms with van der Waals surface area (Å²) >= 11 is 0. The molecule has 1 unspecified atom stereocenters. The molecule has 5 heteroatoms. The number of rotatable bonds is 5. The number of halogens is 3. The fourth-order valence-corrected chi connectivity index (χ4v) is 2.47. The lowest BCUT2D eigenvalue weighted by atomic mass is 9.87. The minimum Gasteiger partial charge on any atom is -0.489 e. The molecule has 2 aromatic carbocycles. The van der Waals surface area contributed by atoms with Crippen molar-refractivity contribution >= 4 is 0 Å². The Bertz CT molecular complexity index is 653. The maximum atomic E-state index is 13.2. The van der Waals surface area contributed by atoms with Crippen molar-refractivity contribution in [2.45, 2.75) is 38.7 Å². The molecule has 0 heterocycles. The summed E-state index contributed by atoms with van der Waals surface area (Å²) in [7, 11) is 0. The van der Waals surface area contributed by atoms with Gasteiger partial charge in [-0.3, -0.25) is 0 Å². The van der Waals surface area contributed by atoms with E-state index in [0.717, 1.165) is 5.56 Å². The van der Waals surface area contributed by atoms with E-state index in [9.17, 15) is 18.3 Å². The van der Waals surface area contributed by atoms with Crippen LogP contribution in [-0.2, 0) is 12.2 Å². The molecule has 0 amide bonds. The third-order valence-corrected chi connectivity index (χ3v) is 3.87. The highest BCUT2D eigenvalue weighted by Gasteiger charge is 2.54. The minimum absolute atomic E-state index is 0.139. The van der Waals surface area contributed by atoms with Gasteiger partial charge in [-0.1, -0.05) is 43.3 Å². The molecule has 0 aliphatic rings. The van der Waals surface area contributed by atoms with Gasteiger partial charge < -0.3 is 9.84 Å². The molecule has 2 aromatic rings. The molecule has 1 atom stereocenters. The molecule has 0 aliphatic carbocycles. The predicted molar refractivity (Wildman–Crippen MR) is 82.2 cm³/mol. The van der Waals surface area contributed by atoms with Gasteiger partial charge in [0.2, 0.25) is 0 Å². The number of benzene rings is 2. The zero-order valence-corrected chi connectivity index (χ0v) is 13.0. The molecule has 1 N–H and O–H groups in total. The van der Waals surface area contributed by atoms with Gasteiger partial charge in [0.1, 0.15) is 12.4 Å². The van der Waals surface area contributed by atoms with Crippen molar-refractivity contribution in [2.75, 3.05) is 0 Å². The van der Waals surface area contributed by atoms with Gasteiger partial charge in [-0.25, -0.2) is 0 Å². The highest BCUT2D eigenvalue weighted by molar-refractivity contribution is 5.39. The van der Waals surface area contributed by atoms with Gasteiger partial charge >= 0.3 is 6.18 Å². The zero-order chi connectivity index (χ0) is 17.1. The summed E-state index contributed by atoms with van der Waals surface area (Å²) in [5, 5.41) is 10.0. The Labute approximate surface area is 133 Å². The fourth-order valence-electron chi connectivity index (χ4n) is 2.47. The predicted octanol–water partition coefficient (Wildman–Crippen LogP) is 4.73. The van der Waals surface area contributed by atoms with Gasteiger partial charge in [0.15, 0.2) is 5.60 Å². The number of alkyl halides is 3. The quantitative estimate of drug-likeness (QED) is 0.861. The zero-order valence-electron chi connectivity index (χ0n) is 13.0. The van der Waals surface area contributed by atoms with Gasteiger partial charge in [-0.05, 0) is 42.2 Å². The summed E-state index contributed by atoms with van der Waals surface area (Å²) in [5.74, 6) is 0.468. The standard InChI is InChI=1S/C18H19F3O2/c1-3-17(22,18(19,20)21)16-10-9-15(11-13(16)2)23-12-14-7-5-4-6-8-14/h4-11,22H,3,12H2,1-2H3. The molecule has 0 bridgehead atoms. The SMILES string of the molecule is CCC(O)(c1ccc(OCc2ccccc2)cc1C)C(F)(F)F. The van der Waals surface area contributed by atoms with Crippen molar-refractivity contribution < 1.29 is 23.0 Å². The molecule has 0 spiro atoms. The van der Waals surface area contributed by atoms with Crippen LogP contribution < -0.4 is 4.74 Å². The molecular weight excluding hydrogens is 305 g/mol. The molecule has 0 aliphatic heterocycles. The average molecular weight is 324 g/mol. The first-order valence-electron chi connectivity index (χ1n) is 7.35. The first kappa shape index (κ1) is 17.3. The normalized spacial score (nSPS) is 14.3. The topological polar surface area (TPSA) is 29.5 Å². The monoisotopic (exact) mass is 324 g/mol. The van der Waals surface area contributed by atoms with Crippen molar-refractivity contribution in [3.05, 3.63) is 65.2 Å². The molecule has 2 rings (SSSR count). The number of aliphatic hydroxyl groups is 1. The van der Waals surface area contributed by atoms with E-state index in [1.807, 2.05) is 30.3 Å². The van der Waals surface area contributed by atoms with Gasteiger partial charge in [0, 0.05) is 0 Å². The molecule has 0 radical (unpaired) electrons. The molecule has 0 saturated heterocycles. The third kappa shape index (κ3) is 3.67. The summed E-state index contributed by atoms with van der Waals surface area (Å²) in [6, 6.07) is 13.7. The Morgan fingerprint density at radius 1 is 1.04 bits per heavy atom. The van der Waals surface area contributed by atoms with Crippen LogP contribution in [-0.4, -0.2) is 11.3 Å². The van der Waals surface area contributed by atoms with Crippen LogP contribution in [0.4, 0.5) is 13.2 Å². The second-order valence-corrected chi connectivity index (χ2v) is 5.46. The van der Waals surface area contributed by atoms with Gasteiger partial charge in [-0.2, -0.15) is 13.2 Å². The molecule has 0 fully saturated rings. The Morgan fingerprint density at radius 2 is 1.70 bits per heavy atom. The van der Waals surface area contributed by atoms with E-state index in [1.165, 1.54) is 32.0 Å². The van der Waals surface area contributed by atoms with Crippen LogP contribution in [0.2, 0.25) is 0 Å². The average Bonchev–Trinajstić information content (AvgIpc) is 2.52. The van der Waals surface area contributed by atoms with Crippen LogP contribution in [0, 0.1) is 6.92 Å². The molecule has 0 aromatic heterocycles. The summed E-state index contributed by atoms with van der Waals surface area (Å²) in [4.78, 5) is 0. The number of hydrogen-bond acceptors (Lipinski definition) is 2. The van der Waals surface area contributed by atoms with E-state index in [2.05, 4.69) is 0 Å². The van der Waals surface area contributed by atoms with Crippen molar-refractivity contribution in [3.8, 4) is 5.75 Å².